The van der Waals surface area contributed by atoms with Crippen molar-refractivity contribution < 1.29 is 17.6 Å². The van der Waals surface area contributed by atoms with E-state index < -0.39 is 15.3 Å². The quantitative estimate of drug-likeness (QED) is 0.585. The minimum atomic E-state index is -3.61. The maximum atomic E-state index is 15.3. The third-order valence-corrected chi connectivity index (χ3v) is 10.4. The molecule has 5 rings (SSSR count). The summed E-state index contributed by atoms with van der Waals surface area (Å²) in [6, 6.07) is 14.3. The Morgan fingerprint density at radius 3 is 2.28 bits per heavy atom. The zero-order valence-corrected chi connectivity index (χ0v) is 21.8. The lowest BCUT2D eigenvalue weighted by Crippen LogP contribution is -2.46. The number of Topliss-reactive ketones (excluding diaryl/α,β-unsaturated/α-hetero) is 1. The van der Waals surface area contributed by atoms with Crippen molar-refractivity contribution >= 4 is 21.5 Å². The van der Waals surface area contributed by atoms with Crippen molar-refractivity contribution in [3.05, 3.63) is 76.7 Å². The lowest BCUT2D eigenvalue weighted by molar-refractivity contribution is -0.114. The second kappa shape index (κ2) is 9.98. The van der Waals surface area contributed by atoms with Crippen LogP contribution in [0.3, 0.4) is 0 Å². The molecule has 6 nitrogen and oxygen atoms in total. The number of allylic oxidation sites excluding steroid dienone is 2. The highest BCUT2D eigenvalue weighted by Gasteiger charge is 2.40. The van der Waals surface area contributed by atoms with E-state index in [0.29, 0.717) is 18.4 Å². The van der Waals surface area contributed by atoms with Gasteiger partial charge in [-0.05, 0) is 50.8 Å². The monoisotopic (exact) mass is 511 g/mol. The number of sulfonamides is 1. The Morgan fingerprint density at radius 1 is 0.944 bits per heavy atom. The highest BCUT2D eigenvalue weighted by atomic mass is 32.2. The molecule has 2 saturated heterocycles. The molecule has 0 saturated carbocycles. The first kappa shape index (κ1) is 25.0. The van der Waals surface area contributed by atoms with E-state index in [9.17, 15) is 13.2 Å². The Balaban J connectivity index is 1.28. The highest BCUT2D eigenvalue weighted by molar-refractivity contribution is 7.89. The number of hydrogen-bond acceptors (Lipinski definition) is 5. The molecule has 8 heteroatoms. The maximum Gasteiger partial charge on any atom is 0.221 e. The number of carbonyl (C=O) groups is 1. The third kappa shape index (κ3) is 4.68. The van der Waals surface area contributed by atoms with E-state index in [1.807, 2.05) is 50.2 Å². The van der Waals surface area contributed by atoms with Crippen molar-refractivity contribution in [2.75, 3.05) is 31.1 Å². The molecular weight excluding hydrogens is 477 g/mol. The molecule has 0 spiro atoms. The van der Waals surface area contributed by atoms with Gasteiger partial charge in [0, 0.05) is 67.7 Å². The van der Waals surface area contributed by atoms with Crippen molar-refractivity contribution in [2.45, 2.75) is 57.4 Å². The average molecular weight is 512 g/mol. The van der Waals surface area contributed by atoms with Crippen LogP contribution in [0.2, 0.25) is 0 Å². The van der Waals surface area contributed by atoms with Crippen LogP contribution in [0.5, 0.6) is 0 Å². The Hall–Kier alpha value is -2.71. The molecule has 2 atom stereocenters. The van der Waals surface area contributed by atoms with Crippen LogP contribution in [0.15, 0.2) is 59.8 Å². The van der Waals surface area contributed by atoms with E-state index in [1.165, 1.54) is 10.4 Å². The Bertz CT molecular complexity index is 1270. The standard InChI is InChI=1S/C28H34FN3O3S/c1-20-8-13-28(22-6-4-3-5-7-22)36(34,35)32(20)19-23-9-10-24(18-25(23)29)30-14-16-31(17-15-30)26-11-12-27(33)21(26)2/h3-7,9-10,18,20,28H,8,11-17,19H2,1-2H3/t20-,28?/m0/s1. The number of piperazine rings is 1. The minimum absolute atomic E-state index is 0.0359. The summed E-state index contributed by atoms with van der Waals surface area (Å²) in [5.41, 5.74) is 4.03. The van der Waals surface area contributed by atoms with Crippen molar-refractivity contribution in [3.63, 3.8) is 0 Å². The minimum Gasteiger partial charge on any atom is -0.371 e. The molecule has 2 aromatic carbocycles. The number of benzene rings is 2. The third-order valence-electron chi connectivity index (χ3n) is 8.03. The number of carbonyl (C=O) groups excluding carboxylic acids is 1. The molecular formula is C28H34FN3O3S. The lowest BCUT2D eigenvalue weighted by atomic mass is 10.0. The second-order valence-corrected chi connectivity index (χ2v) is 12.2. The van der Waals surface area contributed by atoms with E-state index in [1.54, 1.807) is 6.07 Å². The van der Waals surface area contributed by atoms with Crippen LogP contribution in [-0.4, -0.2) is 55.6 Å². The van der Waals surface area contributed by atoms with E-state index in [-0.39, 0.29) is 24.2 Å². The number of rotatable bonds is 5. The van der Waals surface area contributed by atoms with Gasteiger partial charge in [-0.1, -0.05) is 36.4 Å². The number of ketones is 1. The summed E-state index contributed by atoms with van der Waals surface area (Å²) in [7, 11) is -3.61. The highest BCUT2D eigenvalue weighted by Crippen LogP contribution is 2.38. The summed E-state index contributed by atoms with van der Waals surface area (Å²) >= 11 is 0. The van der Waals surface area contributed by atoms with E-state index >= 15 is 4.39 Å². The molecule has 192 valence electrons. The fourth-order valence-corrected chi connectivity index (χ4v) is 7.97. The fraction of sp³-hybridized carbons (Fsp3) is 0.464. The SMILES string of the molecule is CC1=C(N2CCN(c3ccc(CN4[C@@H](C)CCC(c5ccccc5)S4(=O)=O)c(F)c3)CC2)CCC1=O. The first-order chi connectivity index (χ1) is 17.3. The van der Waals surface area contributed by atoms with Crippen LogP contribution in [0.4, 0.5) is 10.1 Å². The summed E-state index contributed by atoms with van der Waals surface area (Å²) in [5.74, 6) is -0.135. The number of hydrogen-bond donors (Lipinski definition) is 0. The molecule has 2 aliphatic heterocycles. The van der Waals surface area contributed by atoms with Gasteiger partial charge in [-0.25, -0.2) is 12.8 Å². The van der Waals surface area contributed by atoms with Crippen LogP contribution in [0.25, 0.3) is 0 Å². The number of nitrogens with zero attached hydrogens (tertiary/aromatic N) is 3. The Morgan fingerprint density at radius 2 is 1.64 bits per heavy atom. The molecule has 2 fully saturated rings. The topological polar surface area (TPSA) is 60.9 Å². The van der Waals surface area contributed by atoms with Gasteiger partial charge < -0.3 is 9.80 Å². The van der Waals surface area contributed by atoms with Crippen molar-refractivity contribution in [2.24, 2.45) is 0 Å². The summed E-state index contributed by atoms with van der Waals surface area (Å²) in [5, 5.41) is -0.595. The van der Waals surface area contributed by atoms with Crippen LogP contribution in [0.1, 0.15) is 55.9 Å². The van der Waals surface area contributed by atoms with E-state index in [0.717, 1.165) is 61.5 Å². The summed E-state index contributed by atoms with van der Waals surface area (Å²) in [6.45, 7) is 6.95. The second-order valence-electron chi connectivity index (χ2n) is 10.2. The van der Waals surface area contributed by atoms with E-state index in [2.05, 4.69) is 9.80 Å². The molecule has 2 aromatic rings. The molecule has 3 aliphatic rings. The molecule has 0 bridgehead atoms. The zero-order chi connectivity index (χ0) is 25.4. The molecule has 0 N–H and O–H groups in total. The van der Waals surface area contributed by atoms with Crippen LogP contribution in [0, 0.1) is 5.82 Å². The van der Waals surface area contributed by atoms with Gasteiger partial charge in [-0.15, -0.1) is 0 Å². The Kier molecular flexibility index (Phi) is 6.92. The normalized spacial score (nSPS) is 25.0. The predicted octanol–water partition coefficient (Wildman–Crippen LogP) is 4.64. The van der Waals surface area contributed by atoms with Gasteiger partial charge in [0.1, 0.15) is 11.1 Å². The van der Waals surface area contributed by atoms with E-state index in [4.69, 9.17) is 0 Å². The van der Waals surface area contributed by atoms with Gasteiger partial charge in [-0.3, -0.25) is 4.79 Å². The van der Waals surface area contributed by atoms with Gasteiger partial charge >= 0.3 is 0 Å². The fourth-order valence-electron chi connectivity index (χ4n) is 5.78. The van der Waals surface area contributed by atoms with Crippen molar-refractivity contribution in [3.8, 4) is 0 Å². The maximum absolute atomic E-state index is 15.3. The van der Waals surface area contributed by atoms with Gasteiger partial charge in [-0.2, -0.15) is 4.31 Å². The summed E-state index contributed by atoms with van der Waals surface area (Å²) < 4.78 is 43.8. The van der Waals surface area contributed by atoms with Crippen molar-refractivity contribution in [1.29, 1.82) is 0 Å². The number of halogens is 1. The Labute approximate surface area is 213 Å². The first-order valence-electron chi connectivity index (χ1n) is 12.8. The molecule has 1 unspecified atom stereocenters. The lowest BCUT2D eigenvalue weighted by Gasteiger charge is -2.39. The van der Waals surface area contributed by atoms with Crippen LogP contribution < -0.4 is 4.90 Å². The largest absolute Gasteiger partial charge is 0.371 e. The summed E-state index contributed by atoms with van der Waals surface area (Å²) in [4.78, 5) is 16.3. The zero-order valence-electron chi connectivity index (χ0n) is 21.0. The van der Waals surface area contributed by atoms with Gasteiger partial charge in [0.25, 0.3) is 0 Å². The predicted molar refractivity (Wildman–Crippen MR) is 139 cm³/mol. The molecule has 2 heterocycles. The molecule has 0 aromatic heterocycles. The summed E-state index contributed by atoms with van der Waals surface area (Å²) in [6.07, 6.45) is 2.73. The van der Waals surface area contributed by atoms with Crippen LogP contribution >= 0.6 is 0 Å². The van der Waals surface area contributed by atoms with Crippen molar-refractivity contribution in [1.82, 2.24) is 9.21 Å². The van der Waals surface area contributed by atoms with Gasteiger partial charge in [0.15, 0.2) is 5.78 Å². The molecule has 36 heavy (non-hydrogen) atoms. The molecule has 0 radical (unpaired) electrons. The molecule has 0 amide bonds. The average Bonchev–Trinajstić information content (AvgIpc) is 3.21. The van der Waals surface area contributed by atoms with Gasteiger partial charge in [0.2, 0.25) is 10.0 Å². The first-order valence-corrected chi connectivity index (χ1v) is 14.3. The smallest absolute Gasteiger partial charge is 0.221 e. The number of anilines is 1. The molecule has 1 aliphatic carbocycles. The van der Waals surface area contributed by atoms with Gasteiger partial charge in [0.05, 0.1) is 0 Å². The van der Waals surface area contributed by atoms with Crippen LogP contribution in [-0.2, 0) is 21.4 Å².